The van der Waals surface area contributed by atoms with Gasteiger partial charge in [0, 0.05) is 30.4 Å². The molecule has 0 saturated carbocycles. The van der Waals surface area contributed by atoms with Gasteiger partial charge >= 0.3 is 0 Å². The van der Waals surface area contributed by atoms with Gasteiger partial charge in [-0.1, -0.05) is 13.0 Å². The number of sulfonamides is 1. The number of carbonyl (C=O) groups is 1. The monoisotopic (exact) mass is 402 g/mol. The van der Waals surface area contributed by atoms with Crippen LogP contribution in [0.5, 0.6) is 11.5 Å². The lowest BCUT2D eigenvalue weighted by molar-refractivity contribution is 0.102. The number of hydrogen-bond donors (Lipinski definition) is 1. The summed E-state index contributed by atoms with van der Waals surface area (Å²) in [6, 6.07) is 11.3. The number of nitrogens with zero attached hydrogens (tertiary/aromatic N) is 1. The van der Waals surface area contributed by atoms with E-state index in [-0.39, 0.29) is 23.2 Å². The van der Waals surface area contributed by atoms with Crippen LogP contribution in [-0.2, 0) is 10.0 Å². The van der Waals surface area contributed by atoms with Crippen molar-refractivity contribution in [3.05, 3.63) is 48.0 Å². The maximum absolute atomic E-state index is 12.9. The third kappa shape index (κ3) is 3.70. The first-order valence-electron chi connectivity index (χ1n) is 9.25. The highest BCUT2D eigenvalue weighted by molar-refractivity contribution is 7.89. The second kappa shape index (κ2) is 7.44. The van der Waals surface area contributed by atoms with E-state index in [0.717, 1.165) is 12.8 Å². The zero-order chi connectivity index (χ0) is 19.7. The second-order valence-corrected chi connectivity index (χ2v) is 9.07. The number of benzene rings is 2. The van der Waals surface area contributed by atoms with Crippen LogP contribution in [0.15, 0.2) is 47.4 Å². The summed E-state index contributed by atoms with van der Waals surface area (Å²) in [5.74, 6) is 1.34. The number of fused-ring (bicyclic) bond motifs is 1. The Labute approximate surface area is 164 Å². The Bertz CT molecular complexity index is 997. The molecular weight excluding hydrogens is 380 g/mol. The van der Waals surface area contributed by atoms with Crippen molar-refractivity contribution in [3.63, 3.8) is 0 Å². The molecule has 7 nitrogen and oxygen atoms in total. The van der Waals surface area contributed by atoms with E-state index in [0.29, 0.717) is 36.2 Å². The Balaban J connectivity index is 1.52. The molecule has 0 spiro atoms. The van der Waals surface area contributed by atoms with Crippen molar-refractivity contribution < 1.29 is 22.7 Å². The van der Waals surface area contributed by atoms with Crippen molar-refractivity contribution in [2.75, 3.05) is 25.2 Å². The lowest BCUT2D eigenvalue weighted by Gasteiger charge is -2.29. The van der Waals surface area contributed by atoms with E-state index < -0.39 is 10.0 Å². The Hall–Kier alpha value is -2.58. The van der Waals surface area contributed by atoms with E-state index >= 15 is 0 Å². The lowest BCUT2D eigenvalue weighted by atomic mass is 10.0. The molecule has 2 aliphatic heterocycles. The molecule has 8 heteroatoms. The third-order valence-electron chi connectivity index (χ3n) is 5.11. The van der Waals surface area contributed by atoms with Crippen LogP contribution in [0, 0.1) is 5.92 Å². The van der Waals surface area contributed by atoms with Gasteiger partial charge in [-0.15, -0.1) is 0 Å². The van der Waals surface area contributed by atoms with Gasteiger partial charge in [-0.05, 0) is 49.1 Å². The van der Waals surface area contributed by atoms with Crippen LogP contribution in [0.25, 0.3) is 0 Å². The lowest BCUT2D eigenvalue weighted by Crippen LogP contribution is -2.37. The largest absolute Gasteiger partial charge is 0.454 e. The standard InChI is InChI=1S/C20H22N2O5S/c1-14-7-9-22(10-8-14)28(24,25)17-4-2-3-15(11-17)20(23)21-16-5-6-18-19(12-16)27-13-26-18/h2-6,11-12,14H,7-10,13H2,1H3,(H,21,23). The average Bonchev–Trinajstić information content (AvgIpc) is 3.16. The van der Waals surface area contributed by atoms with Crippen LogP contribution in [0.3, 0.4) is 0 Å². The van der Waals surface area contributed by atoms with Crippen molar-refractivity contribution in [1.82, 2.24) is 4.31 Å². The van der Waals surface area contributed by atoms with Gasteiger partial charge in [0.15, 0.2) is 11.5 Å². The van der Waals surface area contributed by atoms with Crippen LogP contribution in [-0.4, -0.2) is 38.5 Å². The maximum atomic E-state index is 12.9. The zero-order valence-corrected chi connectivity index (χ0v) is 16.4. The van der Waals surface area contributed by atoms with E-state index in [4.69, 9.17) is 9.47 Å². The molecule has 1 amide bonds. The number of amides is 1. The number of carbonyl (C=O) groups excluding carboxylic acids is 1. The summed E-state index contributed by atoms with van der Waals surface area (Å²) < 4.78 is 37.9. The molecule has 2 aromatic rings. The molecule has 2 aromatic carbocycles. The minimum absolute atomic E-state index is 0.139. The summed E-state index contributed by atoms with van der Waals surface area (Å²) in [4.78, 5) is 12.8. The van der Waals surface area contributed by atoms with E-state index in [9.17, 15) is 13.2 Å². The number of rotatable bonds is 4. The molecule has 4 rings (SSSR count). The number of piperidine rings is 1. The van der Waals surface area contributed by atoms with Crippen molar-refractivity contribution in [2.24, 2.45) is 5.92 Å². The van der Waals surface area contributed by atoms with Crippen LogP contribution in [0.4, 0.5) is 5.69 Å². The molecular formula is C20H22N2O5S. The quantitative estimate of drug-likeness (QED) is 0.850. The molecule has 0 aromatic heterocycles. The molecule has 148 valence electrons. The zero-order valence-electron chi connectivity index (χ0n) is 15.6. The van der Waals surface area contributed by atoms with E-state index in [1.807, 2.05) is 0 Å². The van der Waals surface area contributed by atoms with Gasteiger partial charge in [0.2, 0.25) is 16.8 Å². The normalized spacial score (nSPS) is 17.5. The highest BCUT2D eigenvalue weighted by Crippen LogP contribution is 2.34. The minimum Gasteiger partial charge on any atom is -0.454 e. The maximum Gasteiger partial charge on any atom is 0.255 e. The van der Waals surface area contributed by atoms with Crippen LogP contribution >= 0.6 is 0 Å². The summed E-state index contributed by atoms with van der Waals surface area (Å²) >= 11 is 0. The van der Waals surface area contributed by atoms with Crippen LogP contribution in [0.2, 0.25) is 0 Å². The molecule has 0 radical (unpaired) electrons. The molecule has 0 aliphatic carbocycles. The number of ether oxygens (including phenoxy) is 2. The van der Waals surface area contributed by atoms with Crippen molar-refractivity contribution >= 4 is 21.6 Å². The Morgan fingerprint density at radius 3 is 2.61 bits per heavy atom. The molecule has 0 bridgehead atoms. The third-order valence-corrected chi connectivity index (χ3v) is 7.00. The number of nitrogens with one attached hydrogen (secondary N) is 1. The summed E-state index contributed by atoms with van der Waals surface area (Å²) in [5.41, 5.74) is 0.830. The van der Waals surface area contributed by atoms with Crippen LogP contribution < -0.4 is 14.8 Å². The van der Waals surface area contributed by atoms with Crippen molar-refractivity contribution in [2.45, 2.75) is 24.7 Å². The Kier molecular flexibility index (Phi) is 4.99. The summed E-state index contributed by atoms with van der Waals surface area (Å²) in [7, 11) is -3.61. The first-order chi connectivity index (χ1) is 13.4. The van der Waals surface area contributed by atoms with Crippen molar-refractivity contribution in [3.8, 4) is 11.5 Å². The van der Waals surface area contributed by atoms with Crippen molar-refractivity contribution in [1.29, 1.82) is 0 Å². The van der Waals surface area contributed by atoms with E-state index in [2.05, 4.69) is 12.2 Å². The van der Waals surface area contributed by atoms with Crippen LogP contribution in [0.1, 0.15) is 30.1 Å². The summed E-state index contributed by atoms with van der Waals surface area (Å²) in [6.07, 6.45) is 1.70. The van der Waals surface area contributed by atoms with Gasteiger partial charge in [-0.25, -0.2) is 8.42 Å². The minimum atomic E-state index is -3.61. The predicted octanol–water partition coefficient (Wildman–Crippen LogP) is 3.09. The fourth-order valence-electron chi connectivity index (χ4n) is 3.35. The SMILES string of the molecule is CC1CCN(S(=O)(=O)c2cccc(C(=O)Nc3ccc4c(c3)OCO4)c2)CC1. The fraction of sp³-hybridized carbons (Fsp3) is 0.350. The van der Waals surface area contributed by atoms with Gasteiger partial charge < -0.3 is 14.8 Å². The van der Waals surface area contributed by atoms with E-state index in [1.54, 1.807) is 30.3 Å². The molecule has 0 unspecified atom stereocenters. The Morgan fingerprint density at radius 1 is 1.07 bits per heavy atom. The summed E-state index contributed by atoms with van der Waals surface area (Å²) in [6.45, 7) is 3.31. The molecule has 1 saturated heterocycles. The molecule has 0 atom stereocenters. The molecule has 2 heterocycles. The molecule has 2 aliphatic rings. The van der Waals surface area contributed by atoms with Gasteiger partial charge in [0.1, 0.15) is 0 Å². The second-order valence-electron chi connectivity index (χ2n) is 7.14. The molecule has 1 fully saturated rings. The van der Waals surface area contributed by atoms with Gasteiger partial charge in [-0.3, -0.25) is 4.79 Å². The topological polar surface area (TPSA) is 84.9 Å². The van der Waals surface area contributed by atoms with Gasteiger partial charge in [-0.2, -0.15) is 4.31 Å². The highest BCUT2D eigenvalue weighted by atomic mass is 32.2. The van der Waals surface area contributed by atoms with E-state index in [1.165, 1.54) is 16.4 Å². The average molecular weight is 402 g/mol. The first-order valence-corrected chi connectivity index (χ1v) is 10.7. The van der Waals surface area contributed by atoms with Gasteiger partial charge in [0.05, 0.1) is 4.90 Å². The Morgan fingerprint density at radius 2 is 1.82 bits per heavy atom. The first kappa shape index (κ1) is 18.8. The summed E-state index contributed by atoms with van der Waals surface area (Å²) in [5, 5.41) is 2.77. The molecule has 1 N–H and O–H groups in total. The smallest absolute Gasteiger partial charge is 0.255 e. The number of hydrogen-bond acceptors (Lipinski definition) is 5. The fourth-order valence-corrected chi connectivity index (χ4v) is 4.87. The number of anilines is 1. The highest BCUT2D eigenvalue weighted by Gasteiger charge is 2.28. The molecule has 28 heavy (non-hydrogen) atoms. The predicted molar refractivity (Wildman–Crippen MR) is 104 cm³/mol. The van der Waals surface area contributed by atoms with Gasteiger partial charge in [0.25, 0.3) is 5.91 Å².